The minimum Gasteiger partial charge on any atom is -0.299 e. The van der Waals surface area contributed by atoms with Crippen LogP contribution >= 0.6 is 15.9 Å². The molecule has 0 radical (unpaired) electrons. The molecule has 1 aromatic heterocycles. The maximum Gasteiger partial charge on any atom is 0.0708 e. The topological polar surface area (TPSA) is 16.1 Å². The summed E-state index contributed by atoms with van der Waals surface area (Å²) in [5.41, 5.74) is 3.65. The number of likely N-dealkylation sites (tertiary alicyclic amines) is 1. The predicted molar refractivity (Wildman–Crippen MR) is 83.7 cm³/mol. The molecule has 2 aromatic rings. The number of halogens is 1. The maximum atomic E-state index is 4.62. The molecule has 0 amide bonds. The summed E-state index contributed by atoms with van der Waals surface area (Å²) in [6.07, 6.45) is 1.31. The second kappa shape index (κ2) is 5.59. The monoisotopic (exact) mass is 318 g/mol. The minimum absolute atomic E-state index is 0.814. The normalized spacial score (nSPS) is 20.2. The largest absolute Gasteiger partial charge is 0.299 e. The summed E-state index contributed by atoms with van der Waals surface area (Å²) >= 11 is 3.60. The average Bonchev–Trinajstić information content (AvgIpc) is 2.86. The van der Waals surface area contributed by atoms with E-state index in [0.29, 0.717) is 0 Å². The van der Waals surface area contributed by atoms with Crippen LogP contribution in [-0.4, -0.2) is 28.3 Å². The average molecular weight is 319 g/mol. The standard InChI is InChI=1S/C16H19BrN2/c1-12-8-14(11-19-7-6-13(9-17)10-19)15-4-2-3-5-16(15)18-12/h2-5,8,13H,6-7,9-11H2,1H3. The van der Waals surface area contributed by atoms with Crippen molar-refractivity contribution in [1.29, 1.82) is 0 Å². The number of aryl methyl sites for hydroxylation is 1. The molecule has 1 atom stereocenters. The van der Waals surface area contributed by atoms with Gasteiger partial charge in [-0.1, -0.05) is 34.1 Å². The highest BCUT2D eigenvalue weighted by atomic mass is 79.9. The first kappa shape index (κ1) is 13.1. The molecular weight excluding hydrogens is 300 g/mol. The zero-order valence-electron chi connectivity index (χ0n) is 11.3. The van der Waals surface area contributed by atoms with Gasteiger partial charge in [-0.15, -0.1) is 0 Å². The van der Waals surface area contributed by atoms with Crippen LogP contribution < -0.4 is 0 Å². The summed E-state index contributed by atoms with van der Waals surface area (Å²) in [6, 6.07) is 10.7. The Kier molecular flexibility index (Phi) is 3.85. The fourth-order valence-corrected chi connectivity index (χ4v) is 3.48. The lowest BCUT2D eigenvalue weighted by Gasteiger charge is -2.17. The molecule has 3 heteroatoms. The van der Waals surface area contributed by atoms with Crippen LogP contribution in [0.15, 0.2) is 30.3 Å². The van der Waals surface area contributed by atoms with Crippen molar-refractivity contribution < 1.29 is 0 Å². The Bertz CT molecular complexity index is 582. The van der Waals surface area contributed by atoms with Crippen LogP contribution in [0.4, 0.5) is 0 Å². The van der Waals surface area contributed by atoms with Gasteiger partial charge in [-0.25, -0.2) is 0 Å². The third kappa shape index (κ3) is 2.82. The molecule has 1 aliphatic heterocycles. The van der Waals surface area contributed by atoms with Gasteiger partial charge >= 0.3 is 0 Å². The molecule has 2 nitrogen and oxygen atoms in total. The number of fused-ring (bicyclic) bond motifs is 1. The van der Waals surface area contributed by atoms with E-state index >= 15 is 0 Å². The van der Waals surface area contributed by atoms with Crippen LogP contribution in [-0.2, 0) is 6.54 Å². The van der Waals surface area contributed by atoms with Gasteiger partial charge in [0, 0.05) is 29.5 Å². The first-order valence-corrected chi connectivity index (χ1v) is 8.02. The van der Waals surface area contributed by atoms with Crippen molar-refractivity contribution in [3.63, 3.8) is 0 Å². The molecular formula is C16H19BrN2. The summed E-state index contributed by atoms with van der Waals surface area (Å²) in [5, 5.41) is 2.43. The third-order valence-corrected chi connectivity index (χ3v) is 4.83. The molecule has 100 valence electrons. The number of rotatable bonds is 3. The number of aromatic nitrogens is 1. The molecule has 1 aromatic carbocycles. The van der Waals surface area contributed by atoms with E-state index in [9.17, 15) is 0 Å². The van der Waals surface area contributed by atoms with Crippen LogP contribution in [0.2, 0.25) is 0 Å². The lowest BCUT2D eigenvalue weighted by atomic mass is 10.1. The number of hydrogen-bond donors (Lipinski definition) is 0. The molecule has 0 N–H and O–H groups in total. The molecule has 2 heterocycles. The highest BCUT2D eigenvalue weighted by Crippen LogP contribution is 2.24. The SMILES string of the molecule is Cc1cc(CN2CCC(CBr)C2)c2ccccc2n1. The number of alkyl halides is 1. The summed E-state index contributed by atoms with van der Waals surface area (Å²) in [5.74, 6) is 0.814. The van der Waals surface area contributed by atoms with Crippen molar-refractivity contribution in [1.82, 2.24) is 9.88 Å². The molecule has 0 aliphatic carbocycles. The summed E-state index contributed by atoms with van der Waals surface area (Å²) < 4.78 is 0. The predicted octanol–water partition coefficient (Wildman–Crippen LogP) is 3.76. The van der Waals surface area contributed by atoms with Crippen molar-refractivity contribution in [2.24, 2.45) is 5.92 Å². The number of pyridine rings is 1. The zero-order valence-corrected chi connectivity index (χ0v) is 12.9. The van der Waals surface area contributed by atoms with E-state index in [0.717, 1.165) is 29.0 Å². The molecule has 1 unspecified atom stereocenters. The van der Waals surface area contributed by atoms with E-state index < -0.39 is 0 Å². The maximum absolute atomic E-state index is 4.62. The van der Waals surface area contributed by atoms with Crippen molar-refractivity contribution in [3.8, 4) is 0 Å². The van der Waals surface area contributed by atoms with Gasteiger partial charge in [0.2, 0.25) is 0 Å². The number of para-hydroxylation sites is 1. The Morgan fingerprint density at radius 1 is 1.37 bits per heavy atom. The molecule has 0 saturated carbocycles. The minimum atomic E-state index is 0.814. The highest BCUT2D eigenvalue weighted by Gasteiger charge is 2.21. The smallest absolute Gasteiger partial charge is 0.0708 e. The van der Waals surface area contributed by atoms with Gasteiger partial charge in [0.25, 0.3) is 0 Å². The van der Waals surface area contributed by atoms with Gasteiger partial charge in [0.1, 0.15) is 0 Å². The van der Waals surface area contributed by atoms with Crippen LogP contribution in [0.1, 0.15) is 17.7 Å². The van der Waals surface area contributed by atoms with E-state index in [1.165, 1.54) is 30.5 Å². The second-order valence-corrected chi connectivity index (χ2v) is 6.13. The first-order valence-electron chi connectivity index (χ1n) is 6.90. The lowest BCUT2D eigenvalue weighted by molar-refractivity contribution is 0.322. The third-order valence-electron chi connectivity index (χ3n) is 3.91. The van der Waals surface area contributed by atoms with Crippen LogP contribution in [0, 0.1) is 12.8 Å². The number of hydrogen-bond acceptors (Lipinski definition) is 2. The molecule has 0 spiro atoms. The van der Waals surface area contributed by atoms with Crippen molar-refractivity contribution in [3.05, 3.63) is 41.6 Å². The van der Waals surface area contributed by atoms with E-state index in [1.54, 1.807) is 0 Å². The van der Waals surface area contributed by atoms with E-state index in [1.807, 2.05) is 0 Å². The van der Waals surface area contributed by atoms with Gasteiger partial charge in [-0.3, -0.25) is 9.88 Å². The van der Waals surface area contributed by atoms with Crippen molar-refractivity contribution in [2.75, 3.05) is 18.4 Å². The van der Waals surface area contributed by atoms with Gasteiger partial charge in [0.15, 0.2) is 0 Å². The van der Waals surface area contributed by atoms with Crippen LogP contribution in [0.3, 0.4) is 0 Å². The van der Waals surface area contributed by atoms with E-state index in [2.05, 4.69) is 63.1 Å². The van der Waals surface area contributed by atoms with Gasteiger partial charge < -0.3 is 0 Å². The zero-order chi connectivity index (χ0) is 13.2. The molecule has 1 fully saturated rings. The Balaban J connectivity index is 1.88. The lowest BCUT2D eigenvalue weighted by Crippen LogP contribution is -2.20. The Hall–Kier alpha value is -0.930. The van der Waals surface area contributed by atoms with Gasteiger partial charge in [-0.05, 0) is 43.5 Å². The quantitative estimate of drug-likeness (QED) is 0.801. The summed E-state index contributed by atoms with van der Waals surface area (Å²) in [7, 11) is 0. The Labute approximate surface area is 123 Å². The fraction of sp³-hybridized carbons (Fsp3) is 0.438. The second-order valence-electron chi connectivity index (χ2n) is 5.48. The summed E-state index contributed by atoms with van der Waals surface area (Å²) in [4.78, 5) is 7.18. The van der Waals surface area contributed by atoms with E-state index in [4.69, 9.17) is 0 Å². The van der Waals surface area contributed by atoms with Crippen LogP contribution in [0.5, 0.6) is 0 Å². The fourth-order valence-electron chi connectivity index (χ4n) is 2.95. The van der Waals surface area contributed by atoms with Gasteiger partial charge in [-0.2, -0.15) is 0 Å². The van der Waals surface area contributed by atoms with Crippen molar-refractivity contribution >= 4 is 26.8 Å². The molecule has 1 aliphatic rings. The summed E-state index contributed by atoms with van der Waals surface area (Å²) in [6.45, 7) is 5.56. The number of nitrogens with zero attached hydrogens (tertiary/aromatic N) is 2. The van der Waals surface area contributed by atoms with Crippen LogP contribution in [0.25, 0.3) is 10.9 Å². The first-order chi connectivity index (χ1) is 9.26. The Morgan fingerprint density at radius 3 is 3.00 bits per heavy atom. The Morgan fingerprint density at radius 2 is 2.21 bits per heavy atom. The molecule has 0 bridgehead atoms. The molecule has 1 saturated heterocycles. The van der Waals surface area contributed by atoms with E-state index in [-0.39, 0.29) is 0 Å². The number of benzene rings is 1. The van der Waals surface area contributed by atoms with Gasteiger partial charge in [0.05, 0.1) is 5.52 Å². The highest BCUT2D eigenvalue weighted by molar-refractivity contribution is 9.09. The molecule has 3 rings (SSSR count). The molecule has 19 heavy (non-hydrogen) atoms. The van der Waals surface area contributed by atoms with Crippen molar-refractivity contribution in [2.45, 2.75) is 19.9 Å².